The van der Waals surface area contributed by atoms with Crippen LogP contribution in [-0.4, -0.2) is 58.4 Å². The molecule has 1 amide bonds. The Balaban J connectivity index is 2.24. The molecule has 0 bridgehead atoms. The first-order valence-electron chi connectivity index (χ1n) is 8.20. The molecule has 0 aliphatic carbocycles. The molecular formula is C17H23NO8. The van der Waals surface area contributed by atoms with Gasteiger partial charge in [-0.1, -0.05) is 6.92 Å². The maximum Gasteiger partial charge on any atom is 0.335 e. The van der Waals surface area contributed by atoms with Gasteiger partial charge in [-0.05, 0) is 19.1 Å². The highest BCUT2D eigenvalue weighted by atomic mass is 16.7. The highest BCUT2D eigenvalue weighted by molar-refractivity contribution is 5.89. The lowest BCUT2D eigenvalue weighted by molar-refractivity contribution is -0.255. The highest BCUT2D eigenvalue weighted by Gasteiger charge is 2.46. The lowest BCUT2D eigenvalue weighted by Crippen LogP contribution is -2.57. The molecule has 144 valence electrons. The summed E-state index contributed by atoms with van der Waals surface area (Å²) in [6.07, 6.45) is -5.44. The van der Waals surface area contributed by atoms with E-state index in [0.29, 0.717) is 18.0 Å². The first-order chi connectivity index (χ1) is 12.2. The van der Waals surface area contributed by atoms with Crippen LogP contribution in [0.5, 0.6) is 11.5 Å². The number of aliphatic hydroxyl groups is 2. The SMILES string of the molecule is CCOc1cc(NC(C)=O)ccc1O[C@@H]1O[C@H](C(=O)O)[C@@H](O)[C@H](C)[C@H]1O. The van der Waals surface area contributed by atoms with Crippen LogP contribution in [0.4, 0.5) is 5.69 Å². The zero-order valence-electron chi connectivity index (χ0n) is 14.7. The van der Waals surface area contributed by atoms with E-state index in [-0.39, 0.29) is 11.7 Å². The molecular weight excluding hydrogens is 346 g/mol. The predicted molar refractivity (Wildman–Crippen MR) is 90.0 cm³/mol. The molecule has 0 aromatic heterocycles. The average Bonchev–Trinajstić information content (AvgIpc) is 2.56. The Labute approximate surface area is 150 Å². The Bertz CT molecular complexity index is 664. The van der Waals surface area contributed by atoms with Gasteiger partial charge in [0.1, 0.15) is 6.10 Å². The van der Waals surface area contributed by atoms with E-state index in [2.05, 4.69) is 5.32 Å². The molecule has 1 aliphatic rings. The Kier molecular flexibility index (Phi) is 6.41. The molecule has 1 aromatic carbocycles. The number of aliphatic carboxylic acids is 1. The Morgan fingerprint density at radius 3 is 2.50 bits per heavy atom. The fourth-order valence-electron chi connectivity index (χ4n) is 2.61. The van der Waals surface area contributed by atoms with Gasteiger partial charge in [0.15, 0.2) is 17.6 Å². The van der Waals surface area contributed by atoms with Crippen LogP contribution in [-0.2, 0) is 14.3 Å². The lowest BCUT2D eigenvalue weighted by atomic mass is 9.90. The molecule has 1 aliphatic heterocycles. The average molecular weight is 369 g/mol. The van der Waals surface area contributed by atoms with Gasteiger partial charge in [0.25, 0.3) is 0 Å². The number of hydrogen-bond donors (Lipinski definition) is 4. The van der Waals surface area contributed by atoms with E-state index in [1.54, 1.807) is 19.1 Å². The third-order valence-electron chi connectivity index (χ3n) is 4.00. The van der Waals surface area contributed by atoms with Crippen LogP contribution >= 0.6 is 0 Å². The quantitative estimate of drug-likeness (QED) is 0.572. The number of carbonyl (C=O) groups is 2. The van der Waals surface area contributed by atoms with Gasteiger partial charge in [-0.15, -0.1) is 0 Å². The molecule has 26 heavy (non-hydrogen) atoms. The summed E-state index contributed by atoms with van der Waals surface area (Å²) in [5.41, 5.74) is 0.491. The van der Waals surface area contributed by atoms with Crippen LogP contribution in [0.3, 0.4) is 0 Å². The van der Waals surface area contributed by atoms with Crippen molar-refractivity contribution in [1.29, 1.82) is 0 Å². The third-order valence-corrected chi connectivity index (χ3v) is 4.00. The van der Waals surface area contributed by atoms with Crippen LogP contribution < -0.4 is 14.8 Å². The molecule has 0 spiro atoms. The first-order valence-corrected chi connectivity index (χ1v) is 8.20. The summed E-state index contributed by atoms with van der Waals surface area (Å²) in [5.74, 6) is -1.88. The van der Waals surface area contributed by atoms with Crippen molar-refractivity contribution in [2.24, 2.45) is 5.92 Å². The summed E-state index contributed by atoms with van der Waals surface area (Å²) >= 11 is 0. The van der Waals surface area contributed by atoms with Gasteiger partial charge < -0.3 is 34.8 Å². The molecule has 9 heteroatoms. The second kappa shape index (κ2) is 8.35. The molecule has 5 atom stereocenters. The van der Waals surface area contributed by atoms with E-state index in [0.717, 1.165) is 0 Å². The minimum Gasteiger partial charge on any atom is -0.490 e. The Hall–Kier alpha value is -2.36. The van der Waals surface area contributed by atoms with Gasteiger partial charge in [0.2, 0.25) is 12.2 Å². The fraction of sp³-hybridized carbons (Fsp3) is 0.529. The van der Waals surface area contributed by atoms with E-state index in [4.69, 9.17) is 19.3 Å². The van der Waals surface area contributed by atoms with Crippen LogP contribution in [0.1, 0.15) is 20.8 Å². The summed E-state index contributed by atoms with van der Waals surface area (Å²) in [6.45, 7) is 4.96. The maximum absolute atomic E-state index is 11.2. The van der Waals surface area contributed by atoms with E-state index < -0.39 is 36.5 Å². The summed E-state index contributed by atoms with van der Waals surface area (Å²) in [5, 5.41) is 32.0. The first kappa shape index (κ1) is 20.0. The summed E-state index contributed by atoms with van der Waals surface area (Å²) < 4.78 is 16.3. The molecule has 1 aromatic rings. The predicted octanol–water partition coefficient (Wildman–Crippen LogP) is 0.590. The van der Waals surface area contributed by atoms with Crippen molar-refractivity contribution in [2.45, 2.75) is 45.4 Å². The zero-order valence-corrected chi connectivity index (χ0v) is 14.7. The number of rotatable bonds is 6. The Morgan fingerprint density at radius 2 is 1.92 bits per heavy atom. The van der Waals surface area contributed by atoms with E-state index in [1.807, 2.05) is 0 Å². The fourth-order valence-corrected chi connectivity index (χ4v) is 2.61. The van der Waals surface area contributed by atoms with Crippen molar-refractivity contribution < 1.29 is 39.1 Å². The number of carbonyl (C=O) groups excluding carboxylic acids is 1. The number of ether oxygens (including phenoxy) is 3. The van der Waals surface area contributed by atoms with Gasteiger partial charge >= 0.3 is 5.97 Å². The monoisotopic (exact) mass is 369 g/mol. The minimum absolute atomic E-state index is 0.206. The van der Waals surface area contributed by atoms with Crippen molar-refractivity contribution in [3.05, 3.63) is 18.2 Å². The minimum atomic E-state index is -1.52. The van der Waals surface area contributed by atoms with Crippen LogP contribution in [0.25, 0.3) is 0 Å². The van der Waals surface area contributed by atoms with Gasteiger partial charge in [-0.25, -0.2) is 4.79 Å². The molecule has 0 unspecified atom stereocenters. The number of hydrogen-bond acceptors (Lipinski definition) is 7. The van der Waals surface area contributed by atoms with E-state index >= 15 is 0 Å². The molecule has 1 saturated heterocycles. The molecule has 1 fully saturated rings. The largest absolute Gasteiger partial charge is 0.490 e. The van der Waals surface area contributed by atoms with Crippen molar-refractivity contribution in [3.8, 4) is 11.5 Å². The maximum atomic E-state index is 11.2. The van der Waals surface area contributed by atoms with Crippen LogP contribution in [0.2, 0.25) is 0 Å². The third kappa shape index (κ3) is 4.43. The highest BCUT2D eigenvalue weighted by Crippen LogP contribution is 2.34. The number of amides is 1. The second-order valence-electron chi connectivity index (χ2n) is 6.00. The number of carboxylic acids is 1. The molecule has 0 saturated carbocycles. The summed E-state index contributed by atoms with van der Waals surface area (Å²) in [7, 11) is 0. The van der Waals surface area contributed by atoms with E-state index in [9.17, 15) is 19.8 Å². The lowest BCUT2D eigenvalue weighted by Gasteiger charge is -2.39. The number of nitrogens with one attached hydrogen (secondary N) is 1. The number of anilines is 1. The smallest absolute Gasteiger partial charge is 0.335 e. The molecule has 2 rings (SSSR count). The normalized spacial score (nSPS) is 28.3. The van der Waals surface area contributed by atoms with Crippen LogP contribution in [0.15, 0.2) is 18.2 Å². The van der Waals surface area contributed by atoms with E-state index in [1.165, 1.54) is 19.9 Å². The molecule has 0 radical (unpaired) electrons. The van der Waals surface area contributed by atoms with Crippen molar-refractivity contribution in [3.63, 3.8) is 0 Å². The van der Waals surface area contributed by atoms with Gasteiger partial charge in [-0.3, -0.25) is 4.79 Å². The van der Waals surface area contributed by atoms with Gasteiger partial charge in [0, 0.05) is 24.6 Å². The van der Waals surface area contributed by atoms with Crippen LogP contribution in [0, 0.1) is 5.92 Å². The van der Waals surface area contributed by atoms with Crippen molar-refractivity contribution in [1.82, 2.24) is 0 Å². The summed E-state index contributed by atoms with van der Waals surface area (Å²) in [6, 6.07) is 4.63. The van der Waals surface area contributed by atoms with Crippen molar-refractivity contribution in [2.75, 3.05) is 11.9 Å². The zero-order chi connectivity index (χ0) is 19.4. The number of benzene rings is 1. The second-order valence-corrected chi connectivity index (χ2v) is 6.00. The number of carboxylic acid groups (broad SMARTS) is 1. The topological polar surface area (TPSA) is 135 Å². The van der Waals surface area contributed by atoms with Gasteiger partial charge in [0.05, 0.1) is 12.7 Å². The standard InChI is InChI=1S/C17H23NO8/c1-4-24-12-7-10(18-9(3)19)5-6-11(12)25-17-14(21)8(2)13(20)15(26-17)16(22)23/h5-8,13-15,17,20-21H,4H2,1-3H3,(H,18,19)(H,22,23)/t8-,13-,14+,15-,17+/m0/s1. The van der Waals surface area contributed by atoms with Crippen molar-refractivity contribution >= 4 is 17.6 Å². The molecule has 9 nitrogen and oxygen atoms in total. The Morgan fingerprint density at radius 1 is 1.23 bits per heavy atom. The van der Waals surface area contributed by atoms with Gasteiger partial charge in [-0.2, -0.15) is 0 Å². The number of aliphatic hydroxyl groups excluding tert-OH is 2. The summed E-state index contributed by atoms with van der Waals surface area (Å²) in [4.78, 5) is 22.4. The molecule has 4 N–H and O–H groups in total. The molecule has 1 heterocycles.